The second-order valence-corrected chi connectivity index (χ2v) is 5.16. The molecule has 0 aliphatic carbocycles. The van der Waals surface area contributed by atoms with Crippen molar-refractivity contribution in [1.29, 1.82) is 5.26 Å². The van der Waals surface area contributed by atoms with Gasteiger partial charge >= 0.3 is 0 Å². The molecule has 0 spiro atoms. The first kappa shape index (κ1) is 13.6. The number of hydrogen-bond donors (Lipinski definition) is 2. The summed E-state index contributed by atoms with van der Waals surface area (Å²) >= 11 is 0. The third-order valence-electron chi connectivity index (χ3n) is 3.25. The zero-order valence-corrected chi connectivity index (χ0v) is 10.8. The van der Waals surface area contributed by atoms with Crippen molar-refractivity contribution in [2.75, 3.05) is 0 Å². The fourth-order valence-corrected chi connectivity index (χ4v) is 1.21. The van der Waals surface area contributed by atoms with Crippen molar-refractivity contribution in [2.45, 2.75) is 45.4 Å². The van der Waals surface area contributed by atoms with Gasteiger partial charge in [-0.05, 0) is 33.8 Å². The maximum atomic E-state index is 10.0. The first-order valence-electron chi connectivity index (χ1n) is 5.59. The lowest BCUT2D eigenvalue weighted by molar-refractivity contribution is -0.00533. The number of pyridine rings is 1. The Kier molecular flexibility index (Phi) is 3.87. The molecule has 1 rings (SSSR count). The smallest absolute Gasteiger partial charge is 0.144 e. The van der Waals surface area contributed by atoms with Gasteiger partial charge < -0.3 is 10.4 Å². The minimum atomic E-state index is -0.845. The molecule has 0 radical (unpaired) electrons. The van der Waals surface area contributed by atoms with E-state index in [1.54, 1.807) is 26.1 Å². The Labute approximate surface area is 102 Å². The van der Waals surface area contributed by atoms with Gasteiger partial charge in [0.2, 0.25) is 0 Å². The molecule has 4 heteroatoms. The highest BCUT2D eigenvalue weighted by atomic mass is 16.3. The molecular weight excluding hydrogens is 214 g/mol. The maximum Gasteiger partial charge on any atom is 0.144 e. The number of hydrogen-bond acceptors (Lipinski definition) is 4. The maximum absolute atomic E-state index is 10.0. The van der Waals surface area contributed by atoms with Gasteiger partial charge in [0.15, 0.2) is 0 Å². The lowest BCUT2D eigenvalue weighted by atomic mass is 9.86. The molecule has 0 saturated carbocycles. The topological polar surface area (TPSA) is 68.9 Å². The van der Waals surface area contributed by atoms with Gasteiger partial charge in [-0.25, -0.2) is 4.98 Å². The van der Waals surface area contributed by atoms with Gasteiger partial charge in [-0.15, -0.1) is 0 Å². The molecule has 4 nitrogen and oxygen atoms in total. The lowest BCUT2D eigenvalue weighted by Crippen LogP contribution is -2.55. The minimum absolute atomic E-state index is 0.423. The van der Waals surface area contributed by atoms with Crippen molar-refractivity contribution in [3.8, 4) is 6.07 Å². The van der Waals surface area contributed by atoms with Crippen molar-refractivity contribution < 1.29 is 5.11 Å². The minimum Gasteiger partial charge on any atom is -0.389 e. The van der Waals surface area contributed by atoms with Crippen LogP contribution in [-0.2, 0) is 6.54 Å². The monoisotopic (exact) mass is 233 g/mol. The molecular formula is C13H19N3O. The summed E-state index contributed by atoms with van der Waals surface area (Å²) in [5.74, 6) is 0. The van der Waals surface area contributed by atoms with E-state index in [1.165, 1.54) is 0 Å². The number of aliphatic hydroxyl groups is 1. The molecule has 0 aliphatic heterocycles. The zero-order chi connectivity index (χ0) is 13.1. The highest BCUT2D eigenvalue weighted by molar-refractivity contribution is 5.30. The van der Waals surface area contributed by atoms with E-state index in [1.807, 2.05) is 19.9 Å². The number of nitrogens with one attached hydrogen (secondary N) is 1. The third-order valence-corrected chi connectivity index (χ3v) is 3.25. The van der Waals surface area contributed by atoms with Crippen LogP contribution in [0.3, 0.4) is 0 Å². The van der Waals surface area contributed by atoms with Crippen LogP contribution in [-0.4, -0.2) is 21.2 Å². The van der Waals surface area contributed by atoms with Gasteiger partial charge in [0.05, 0.1) is 5.60 Å². The Morgan fingerprint density at radius 1 is 1.41 bits per heavy atom. The number of nitrogens with zero attached hydrogens (tertiary/aromatic N) is 2. The van der Waals surface area contributed by atoms with Gasteiger partial charge in [-0.2, -0.15) is 5.26 Å². The normalized spacial score (nSPS) is 12.2. The van der Waals surface area contributed by atoms with E-state index in [2.05, 4.69) is 16.4 Å². The average molecular weight is 233 g/mol. The molecule has 0 aromatic carbocycles. The molecule has 0 aliphatic rings. The summed E-state index contributed by atoms with van der Waals surface area (Å²) in [5, 5.41) is 22.2. The Hall–Kier alpha value is -1.44. The summed E-state index contributed by atoms with van der Waals surface area (Å²) in [7, 11) is 0. The quantitative estimate of drug-likeness (QED) is 0.828. The van der Waals surface area contributed by atoms with Crippen LogP contribution in [0.4, 0.5) is 0 Å². The zero-order valence-electron chi connectivity index (χ0n) is 10.8. The van der Waals surface area contributed by atoms with E-state index in [0.29, 0.717) is 12.2 Å². The van der Waals surface area contributed by atoms with Gasteiger partial charge in [-0.3, -0.25) is 0 Å². The fourth-order valence-electron chi connectivity index (χ4n) is 1.21. The van der Waals surface area contributed by atoms with Gasteiger partial charge in [-0.1, -0.05) is 6.07 Å². The van der Waals surface area contributed by atoms with E-state index in [9.17, 15) is 5.11 Å². The molecule has 1 aromatic rings. The Balaban J connectivity index is 2.78. The molecule has 17 heavy (non-hydrogen) atoms. The van der Waals surface area contributed by atoms with Crippen LogP contribution in [0.2, 0.25) is 0 Å². The van der Waals surface area contributed by atoms with E-state index >= 15 is 0 Å². The van der Waals surface area contributed by atoms with E-state index in [4.69, 9.17) is 5.26 Å². The number of aromatic nitrogens is 1. The molecule has 2 N–H and O–H groups in total. The molecule has 0 unspecified atom stereocenters. The van der Waals surface area contributed by atoms with Crippen molar-refractivity contribution in [2.24, 2.45) is 0 Å². The van der Waals surface area contributed by atoms with E-state index in [0.717, 1.165) is 5.56 Å². The number of nitriles is 1. The van der Waals surface area contributed by atoms with Crippen LogP contribution < -0.4 is 5.32 Å². The molecule has 1 aromatic heterocycles. The van der Waals surface area contributed by atoms with Crippen LogP contribution in [0.1, 0.15) is 39.0 Å². The van der Waals surface area contributed by atoms with E-state index < -0.39 is 11.1 Å². The summed E-state index contributed by atoms with van der Waals surface area (Å²) in [4.78, 5) is 4.00. The van der Waals surface area contributed by atoms with Crippen molar-refractivity contribution >= 4 is 0 Å². The first-order chi connectivity index (χ1) is 7.78. The summed E-state index contributed by atoms with van der Waals surface area (Å²) in [6.45, 7) is 7.88. The van der Waals surface area contributed by atoms with Gasteiger partial charge in [0.25, 0.3) is 0 Å². The molecule has 0 atom stereocenters. The van der Waals surface area contributed by atoms with Crippen molar-refractivity contribution in [1.82, 2.24) is 10.3 Å². The molecule has 1 heterocycles. The predicted octanol–water partition coefficient (Wildman–Crippen LogP) is 1.59. The standard InChI is InChI=1S/C13H19N3O/c1-12(2,13(3,4)17)16-9-10-6-5-7-15-11(10)8-14/h5-7,16-17H,9H2,1-4H3. The molecule has 0 bridgehead atoms. The van der Waals surface area contributed by atoms with Crippen molar-refractivity contribution in [3.05, 3.63) is 29.6 Å². The highest BCUT2D eigenvalue weighted by Gasteiger charge is 2.34. The van der Waals surface area contributed by atoms with Gasteiger partial charge in [0, 0.05) is 23.8 Å². The van der Waals surface area contributed by atoms with Gasteiger partial charge in [0.1, 0.15) is 11.8 Å². The lowest BCUT2D eigenvalue weighted by Gasteiger charge is -2.38. The third kappa shape index (κ3) is 3.26. The average Bonchev–Trinajstić information content (AvgIpc) is 2.25. The molecule has 0 saturated heterocycles. The Morgan fingerprint density at radius 2 is 2.06 bits per heavy atom. The summed E-state index contributed by atoms with van der Waals surface area (Å²) in [6.07, 6.45) is 1.60. The predicted molar refractivity (Wildman–Crippen MR) is 66.2 cm³/mol. The highest BCUT2D eigenvalue weighted by Crippen LogP contribution is 2.21. The Bertz CT molecular complexity index is 427. The molecule has 0 amide bonds. The second kappa shape index (κ2) is 4.82. The Morgan fingerprint density at radius 3 is 2.59 bits per heavy atom. The summed E-state index contributed by atoms with van der Waals surface area (Å²) < 4.78 is 0. The van der Waals surface area contributed by atoms with E-state index in [-0.39, 0.29) is 0 Å². The van der Waals surface area contributed by atoms with Crippen LogP contribution in [0.25, 0.3) is 0 Å². The van der Waals surface area contributed by atoms with Crippen LogP contribution in [0, 0.1) is 11.3 Å². The molecule has 0 fully saturated rings. The van der Waals surface area contributed by atoms with Crippen molar-refractivity contribution in [3.63, 3.8) is 0 Å². The largest absolute Gasteiger partial charge is 0.389 e. The number of rotatable bonds is 4. The summed E-state index contributed by atoms with van der Waals surface area (Å²) in [6, 6.07) is 5.72. The molecule has 92 valence electrons. The van der Waals surface area contributed by atoms with Crippen LogP contribution in [0.5, 0.6) is 0 Å². The SMILES string of the molecule is CC(C)(O)C(C)(C)NCc1cccnc1C#N. The van der Waals surface area contributed by atoms with Crippen LogP contribution >= 0.6 is 0 Å². The fraction of sp³-hybridized carbons (Fsp3) is 0.538. The second-order valence-electron chi connectivity index (χ2n) is 5.16. The summed E-state index contributed by atoms with van der Waals surface area (Å²) in [5.41, 5.74) is -0.0312. The van der Waals surface area contributed by atoms with Crippen LogP contribution in [0.15, 0.2) is 18.3 Å². The first-order valence-corrected chi connectivity index (χ1v) is 5.59.